The smallest absolute Gasteiger partial charge is 0.142 e. The van der Waals surface area contributed by atoms with Gasteiger partial charge in [-0.15, -0.1) is 0 Å². The van der Waals surface area contributed by atoms with E-state index in [0.29, 0.717) is 5.82 Å². The van der Waals surface area contributed by atoms with Crippen LogP contribution in [-0.4, -0.2) is 12.0 Å². The summed E-state index contributed by atoms with van der Waals surface area (Å²) in [5.74, 6) is 5.50. The lowest BCUT2D eigenvalue weighted by Gasteiger charge is -2.08. The number of nitrogens with zero attached hydrogens (tertiary/aromatic N) is 2. The van der Waals surface area contributed by atoms with Crippen molar-refractivity contribution in [2.45, 2.75) is 0 Å². The van der Waals surface area contributed by atoms with Crippen LogP contribution >= 0.6 is 0 Å². The molecule has 0 radical (unpaired) electrons. The molecule has 1 aromatic rings. The van der Waals surface area contributed by atoms with Crippen molar-refractivity contribution in [3.63, 3.8) is 0 Å². The van der Waals surface area contributed by atoms with Gasteiger partial charge in [0.15, 0.2) is 0 Å². The third-order valence-electron chi connectivity index (χ3n) is 1.07. The molecule has 0 spiro atoms. The molecule has 0 saturated heterocycles. The molecule has 1 rings (SSSR count). The average Bonchev–Trinajstić information content (AvgIpc) is 1.88. The van der Waals surface area contributed by atoms with Gasteiger partial charge in [-0.05, 0) is 12.1 Å². The number of rotatable bonds is 1. The van der Waals surface area contributed by atoms with Gasteiger partial charge in [0, 0.05) is 7.05 Å². The Morgan fingerprint density at radius 2 is 2.30 bits per heavy atom. The molecule has 0 aromatic carbocycles. The second-order valence-corrected chi connectivity index (χ2v) is 1.95. The molecule has 3 nitrogen and oxygen atoms in total. The second-order valence-electron chi connectivity index (χ2n) is 1.95. The molecule has 0 aliphatic rings. The molecule has 0 unspecified atom stereocenters. The van der Waals surface area contributed by atoms with Gasteiger partial charge in [0.1, 0.15) is 11.6 Å². The Kier molecular flexibility index (Phi) is 1.82. The SMILES string of the molecule is CN(N)c1ccc(F)cn1. The zero-order valence-electron chi connectivity index (χ0n) is 5.58. The Labute approximate surface area is 58.3 Å². The quantitative estimate of drug-likeness (QED) is 0.458. The lowest BCUT2D eigenvalue weighted by Crippen LogP contribution is -2.25. The molecule has 4 heteroatoms. The minimum Gasteiger partial charge on any atom is -0.298 e. The van der Waals surface area contributed by atoms with Gasteiger partial charge in [-0.3, -0.25) is 5.01 Å². The van der Waals surface area contributed by atoms with Crippen LogP contribution in [0.4, 0.5) is 10.2 Å². The van der Waals surface area contributed by atoms with Gasteiger partial charge in [-0.2, -0.15) is 0 Å². The van der Waals surface area contributed by atoms with E-state index in [1.165, 1.54) is 17.1 Å². The largest absolute Gasteiger partial charge is 0.298 e. The number of hydrogen-bond acceptors (Lipinski definition) is 3. The highest BCUT2D eigenvalue weighted by Crippen LogP contribution is 2.04. The normalized spacial score (nSPS) is 9.50. The van der Waals surface area contributed by atoms with Crippen LogP contribution in [0.3, 0.4) is 0 Å². The summed E-state index contributed by atoms with van der Waals surface area (Å²) >= 11 is 0. The Morgan fingerprint density at radius 1 is 1.60 bits per heavy atom. The standard InChI is InChI=1S/C6H8FN3/c1-10(8)6-3-2-5(7)4-9-6/h2-4H,8H2,1H3. The van der Waals surface area contributed by atoms with Crippen molar-refractivity contribution in [3.05, 3.63) is 24.1 Å². The van der Waals surface area contributed by atoms with Crippen LogP contribution in [0.5, 0.6) is 0 Å². The van der Waals surface area contributed by atoms with E-state index in [4.69, 9.17) is 5.84 Å². The minimum absolute atomic E-state index is 0.356. The van der Waals surface area contributed by atoms with E-state index in [1.807, 2.05) is 0 Å². The first-order valence-electron chi connectivity index (χ1n) is 2.80. The molecule has 0 aliphatic heterocycles. The summed E-state index contributed by atoms with van der Waals surface area (Å²) in [5.41, 5.74) is 0. The van der Waals surface area contributed by atoms with Gasteiger partial charge in [0.2, 0.25) is 0 Å². The van der Waals surface area contributed by atoms with E-state index in [2.05, 4.69) is 4.98 Å². The first-order valence-corrected chi connectivity index (χ1v) is 2.80. The van der Waals surface area contributed by atoms with Crippen LogP contribution in [0, 0.1) is 5.82 Å². The molecule has 10 heavy (non-hydrogen) atoms. The maximum atomic E-state index is 12.2. The van der Waals surface area contributed by atoms with Gasteiger partial charge in [0.25, 0.3) is 0 Å². The van der Waals surface area contributed by atoms with Gasteiger partial charge >= 0.3 is 0 Å². The monoisotopic (exact) mass is 141 g/mol. The minimum atomic E-state index is -0.356. The zero-order chi connectivity index (χ0) is 7.56. The molecule has 0 amide bonds. The molecule has 2 N–H and O–H groups in total. The second kappa shape index (κ2) is 2.62. The van der Waals surface area contributed by atoms with E-state index in [-0.39, 0.29) is 5.82 Å². The number of aromatic nitrogens is 1. The highest BCUT2D eigenvalue weighted by Gasteiger charge is 1.95. The summed E-state index contributed by atoms with van der Waals surface area (Å²) < 4.78 is 12.2. The summed E-state index contributed by atoms with van der Waals surface area (Å²) in [5, 5.41) is 1.32. The first kappa shape index (κ1) is 6.95. The molecular formula is C6H8FN3. The van der Waals surface area contributed by atoms with Crippen molar-refractivity contribution in [3.8, 4) is 0 Å². The Balaban J connectivity index is 2.89. The van der Waals surface area contributed by atoms with E-state index >= 15 is 0 Å². The summed E-state index contributed by atoms with van der Waals surface area (Å²) in [4.78, 5) is 3.70. The van der Waals surface area contributed by atoms with E-state index in [1.54, 1.807) is 7.05 Å². The third-order valence-corrected chi connectivity index (χ3v) is 1.07. The fourth-order valence-electron chi connectivity index (χ4n) is 0.577. The zero-order valence-corrected chi connectivity index (χ0v) is 5.58. The topological polar surface area (TPSA) is 42.1 Å². The van der Waals surface area contributed by atoms with Crippen molar-refractivity contribution in [1.29, 1.82) is 0 Å². The van der Waals surface area contributed by atoms with Crippen LogP contribution in [0.1, 0.15) is 0 Å². The van der Waals surface area contributed by atoms with Crippen molar-refractivity contribution < 1.29 is 4.39 Å². The van der Waals surface area contributed by atoms with Crippen molar-refractivity contribution in [2.75, 3.05) is 12.1 Å². The summed E-state index contributed by atoms with van der Waals surface area (Å²) in [6.07, 6.45) is 1.12. The first-order chi connectivity index (χ1) is 4.70. The van der Waals surface area contributed by atoms with E-state index in [9.17, 15) is 4.39 Å². The van der Waals surface area contributed by atoms with Gasteiger partial charge in [0.05, 0.1) is 6.20 Å². The molecule has 1 heterocycles. The molecular weight excluding hydrogens is 133 g/mol. The van der Waals surface area contributed by atoms with Gasteiger partial charge < -0.3 is 0 Å². The molecule has 54 valence electrons. The maximum Gasteiger partial charge on any atom is 0.142 e. The Morgan fingerprint density at radius 3 is 2.70 bits per heavy atom. The number of hydrogen-bond donors (Lipinski definition) is 1. The molecule has 0 bridgehead atoms. The highest BCUT2D eigenvalue weighted by molar-refractivity contribution is 5.34. The van der Waals surface area contributed by atoms with E-state index < -0.39 is 0 Å². The van der Waals surface area contributed by atoms with Crippen LogP contribution in [0.25, 0.3) is 0 Å². The average molecular weight is 141 g/mol. The molecule has 0 atom stereocenters. The lowest BCUT2D eigenvalue weighted by atomic mass is 10.4. The van der Waals surface area contributed by atoms with Gasteiger partial charge in [-0.1, -0.05) is 0 Å². The Bertz CT molecular complexity index is 207. The number of pyridine rings is 1. The summed E-state index contributed by atoms with van der Waals surface area (Å²) in [6.45, 7) is 0. The van der Waals surface area contributed by atoms with Crippen molar-refractivity contribution in [1.82, 2.24) is 4.98 Å². The third kappa shape index (κ3) is 1.41. The van der Waals surface area contributed by atoms with Gasteiger partial charge in [-0.25, -0.2) is 15.2 Å². The number of anilines is 1. The van der Waals surface area contributed by atoms with Crippen molar-refractivity contribution in [2.24, 2.45) is 5.84 Å². The summed E-state index contributed by atoms with van der Waals surface area (Å²) in [7, 11) is 1.64. The number of halogens is 1. The maximum absolute atomic E-state index is 12.2. The van der Waals surface area contributed by atoms with E-state index in [0.717, 1.165) is 6.20 Å². The van der Waals surface area contributed by atoms with Crippen LogP contribution in [0.15, 0.2) is 18.3 Å². The van der Waals surface area contributed by atoms with Crippen molar-refractivity contribution >= 4 is 5.82 Å². The van der Waals surface area contributed by atoms with Crippen LogP contribution in [-0.2, 0) is 0 Å². The lowest BCUT2D eigenvalue weighted by molar-refractivity contribution is 0.621. The van der Waals surface area contributed by atoms with Crippen LogP contribution < -0.4 is 10.9 Å². The number of nitrogens with two attached hydrogens (primary N) is 1. The predicted molar refractivity (Wildman–Crippen MR) is 36.8 cm³/mol. The predicted octanol–water partition coefficient (Wildman–Crippen LogP) is 0.531. The molecule has 0 aliphatic carbocycles. The molecule has 0 fully saturated rings. The Hall–Kier alpha value is -1.16. The fraction of sp³-hybridized carbons (Fsp3) is 0.167. The molecule has 1 aromatic heterocycles. The summed E-state index contributed by atoms with van der Waals surface area (Å²) in [6, 6.07) is 2.82. The molecule has 0 saturated carbocycles. The highest BCUT2D eigenvalue weighted by atomic mass is 19.1. The number of hydrazine groups is 1. The van der Waals surface area contributed by atoms with Crippen LogP contribution in [0.2, 0.25) is 0 Å². The fourth-order valence-corrected chi connectivity index (χ4v) is 0.577.